The highest BCUT2D eigenvalue weighted by Gasteiger charge is 2.03. The van der Waals surface area contributed by atoms with E-state index in [-0.39, 0.29) is 0 Å². The molecule has 0 amide bonds. The highest BCUT2D eigenvalue weighted by atomic mass is 14.6. The molecule has 0 rings (SSSR count). The van der Waals surface area contributed by atoms with Gasteiger partial charge in [0, 0.05) is 6.04 Å². The molecule has 0 aromatic carbocycles. The van der Waals surface area contributed by atoms with Crippen molar-refractivity contribution in [2.75, 3.05) is 0 Å². The van der Waals surface area contributed by atoms with Gasteiger partial charge in [0.1, 0.15) is 0 Å². The van der Waals surface area contributed by atoms with Crippen LogP contribution >= 0.6 is 0 Å². The topological polar surface area (TPSA) is 26.0 Å². The Morgan fingerprint density at radius 2 is 0.296 bits per heavy atom. The molecule has 0 spiro atoms. The minimum absolute atomic E-state index is 0.462. The monoisotopic (exact) mass is 760 g/mol. The van der Waals surface area contributed by atoms with E-state index in [1.165, 1.54) is 321 Å². The molecule has 2 N–H and O–H groups in total. The second kappa shape index (κ2) is 51.0. The van der Waals surface area contributed by atoms with Gasteiger partial charge in [-0.1, -0.05) is 322 Å². The smallest absolute Gasteiger partial charge is 0.00388 e. The molecule has 0 atom stereocenters. The Bertz CT molecular complexity index is 562. The summed E-state index contributed by atoms with van der Waals surface area (Å²) in [5.41, 5.74) is 6.46. The van der Waals surface area contributed by atoms with Gasteiger partial charge < -0.3 is 5.73 Å². The molecule has 1 nitrogen and oxygen atoms in total. The average molecular weight is 760 g/mol. The van der Waals surface area contributed by atoms with Crippen molar-refractivity contribution in [3.05, 3.63) is 0 Å². The fourth-order valence-corrected chi connectivity index (χ4v) is 8.88. The molecule has 0 aliphatic rings. The third-order valence-corrected chi connectivity index (χ3v) is 12.9. The van der Waals surface area contributed by atoms with Crippen LogP contribution in [0.1, 0.15) is 335 Å². The lowest BCUT2D eigenvalue weighted by Gasteiger charge is -2.11. The van der Waals surface area contributed by atoms with Crippen molar-refractivity contribution in [3.8, 4) is 0 Å². The van der Waals surface area contributed by atoms with E-state index < -0.39 is 0 Å². The fraction of sp³-hybridized carbons (Fsp3) is 1.00. The highest BCUT2D eigenvalue weighted by Crippen LogP contribution is 2.19. The molecule has 0 heterocycles. The summed E-state index contributed by atoms with van der Waals surface area (Å²) < 4.78 is 0. The quantitative estimate of drug-likeness (QED) is 0.0614. The Morgan fingerprint density at radius 3 is 0.426 bits per heavy atom. The second-order valence-electron chi connectivity index (χ2n) is 18.6. The first kappa shape index (κ1) is 54.0. The molecular weight excluding hydrogens is 651 g/mol. The predicted molar refractivity (Wildman–Crippen MR) is 250 cm³/mol. The van der Waals surface area contributed by atoms with Crippen molar-refractivity contribution in [1.82, 2.24) is 0 Å². The first-order valence-electron chi connectivity index (χ1n) is 26.6. The molecule has 326 valence electrons. The van der Waals surface area contributed by atoms with Gasteiger partial charge in [-0.2, -0.15) is 0 Å². The van der Waals surface area contributed by atoms with Gasteiger partial charge in [0.05, 0.1) is 0 Å². The summed E-state index contributed by atoms with van der Waals surface area (Å²) in [5, 5.41) is 0. The van der Waals surface area contributed by atoms with E-state index in [0.717, 1.165) is 0 Å². The average Bonchev–Trinajstić information content (AvgIpc) is 3.18. The first-order valence-corrected chi connectivity index (χ1v) is 26.6. The van der Waals surface area contributed by atoms with Crippen molar-refractivity contribution in [3.63, 3.8) is 0 Å². The van der Waals surface area contributed by atoms with E-state index in [4.69, 9.17) is 5.73 Å². The molecule has 0 aromatic rings. The molecule has 0 aliphatic heterocycles. The van der Waals surface area contributed by atoms with Crippen LogP contribution in [0.15, 0.2) is 0 Å². The van der Waals surface area contributed by atoms with Crippen molar-refractivity contribution >= 4 is 0 Å². The van der Waals surface area contributed by atoms with Crippen LogP contribution < -0.4 is 5.73 Å². The van der Waals surface area contributed by atoms with Crippen LogP contribution in [-0.2, 0) is 0 Å². The number of nitrogens with two attached hydrogens (primary N) is 1. The minimum atomic E-state index is 0.462. The Hall–Kier alpha value is -0.0400. The Kier molecular flexibility index (Phi) is 50.9. The summed E-state index contributed by atoms with van der Waals surface area (Å²) in [6.07, 6.45) is 72.8. The third kappa shape index (κ3) is 50.0. The van der Waals surface area contributed by atoms with Crippen LogP contribution in [-0.4, -0.2) is 6.04 Å². The zero-order valence-corrected chi connectivity index (χ0v) is 38.5. The summed E-state index contributed by atoms with van der Waals surface area (Å²) in [4.78, 5) is 0. The van der Waals surface area contributed by atoms with Crippen LogP contribution in [0.25, 0.3) is 0 Å². The van der Waals surface area contributed by atoms with E-state index in [0.29, 0.717) is 6.04 Å². The molecular formula is C53H109N. The van der Waals surface area contributed by atoms with Crippen molar-refractivity contribution in [2.24, 2.45) is 5.73 Å². The van der Waals surface area contributed by atoms with E-state index in [9.17, 15) is 0 Å². The first-order chi connectivity index (χ1) is 26.8. The summed E-state index contributed by atoms with van der Waals surface area (Å²) in [7, 11) is 0. The molecule has 0 saturated heterocycles. The van der Waals surface area contributed by atoms with Crippen LogP contribution in [0.5, 0.6) is 0 Å². The molecule has 0 saturated carbocycles. The van der Waals surface area contributed by atoms with Gasteiger partial charge in [-0.05, 0) is 12.8 Å². The summed E-state index contributed by atoms with van der Waals surface area (Å²) >= 11 is 0. The van der Waals surface area contributed by atoms with E-state index in [2.05, 4.69) is 13.8 Å². The highest BCUT2D eigenvalue weighted by molar-refractivity contribution is 4.62. The number of hydrogen-bond acceptors (Lipinski definition) is 1. The molecule has 1 heteroatoms. The molecule has 0 radical (unpaired) electrons. The van der Waals surface area contributed by atoms with E-state index in [1.807, 2.05) is 0 Å². The number of rotatable bonds is 50. The van der Waals surface area contributed by atoms with Gasteiger partial charge in [0.25, 0.3) is 0 Å². The predicted octanol–water partition coefficient (Wildman–Crippen LogP) is 19.9. The molecule has 0 unspecified atom stereocenters. The van der Waals surface area contributed by atoms with E-state index >= 15 is 0 Å². The molecule has 0 aromatic heterocycles. The van der Waals surface area contributed by atoms with Gasteiger partial charge >= 0.3 is 0 Å². The van der Waals surface area contributed by atoms with Gasteiger partial charge in [0.15, 0.2) is 0 Å². The van der Waals surface area contributed by atoms with Crippen LogP contribution in [0, 0.1) is 0 Å². The molecule has 0 fully saturated rings. The maximum atomic E-state index is 6.46. The maximum absolute atomic E-state index is 6.46. The van der Waals surface area contributed by atoms with Crippen LogP contribution in [0.3, 0.4) is 0 Å². The van der Waals surface area contributed by atoms with Crippen molar-refractivity contribution < 1.29 is 0 Å². The third-order valence-electron chi connectivity index (χ3n) is 12.9. The largest absolute Gasteiger partial charge is 0.328 e. The number of unbranched alkanes of at least 4 members (excludes halogenated alkanes) is 46. The van der Waals surface area contributed by atoms with Gasteiger partial charge in [-0.15, -0.1) is 0 Å². The Balaban J connectivity index is 3.14. The van der Waals surface area contributed by atoms with E-state index in [1.54, 1.807) is 0 Å². The summed E-state index contributed by atoms with van der Waals surface area (Å²) in [6, 6.07) is 0.462. The fourth-order valence-electron chi connectivity index (χ4n) is 8.88. The molecule has 0 bridgehead atoms. The number of hydrogen-bond donors (Lipinski definition) is 1. The van der Waals surface area contributed by atoms with Gasteiger partial charge in [-0.3, -0.25) is 0 Å². The Morgan fingerprint density at radius 1 is 0.185 bits per heavy atom. The Labute approximate surface area is 345 Å². The lowest BCUT2D eigenvalue weighted by Crippen LogP contribution is -2.19. The zero-order valence-electron chi connectivity index (χ0n) is 38.5. The normalized spacial score (nSPS) is 11.8. The van der Waals surface area contributed by atoms with Crippen LogP contribution in [0.4, 0.5) is 0 Å². The minimum Gasteiger partial charge on any atom is -0.328 e. The van der Waals surface area contributed by atoms with Gasteiger partial charge in [-0.25, -0.2) is 0 Å². The molecule has 54 heavy (non-hydrogen) atoms. The van der Waals surface area contributed by atoms with Gasteiger partial charge in [0.2, 0.25) is 0 Å². The molecule has 0 aliphatic carbocycles. The standard InChI is InChI=1S/C53H109N/c1-3-5-7-9-11-13-15-17-19-21-23-25-27-29-31-33-35-37-39-41-43-45-47-49-51-53(54)52-50-48-46-44-42-40-38-36-34-32-30-28-26-24-22-20-18-16-14-12-10-8-6-4-2/h53H,3-52,54H2,1-2H3. The van der Waals surface area contributed by atoms with Crippen molar-refractivity contribution in [2.45, 2.75) is 341 Å². The lowest BCUT2D eigenvalue weighted by atomic mass is 10.00. The zero-order chi connectivity index (χ0) is 38.9. The van der Waals surface area contributed by atoms with Crippen LogP contribution in [0.2, 0.25) is 0 Å². The summed E-state index contributed by atoms with van der Waals surface area (Å²) in [6.45, 7) is 4.62. The van der Waals surface area contributed by atoms with Crippen molar-refractivity contribution in [1.29, 1.82) is 0 Å². The lowest BCUT2D eigenvalue weighted by molar-refractivity contribution is 0.477. The SMILES string of the molecule is CCCCCCCCCCCCCCCCCCCCCCCCCCC(N)CCCCCCCCCCCCCCCCCCCCCCCCCC. The maximum Gasteiger partial charge on any atom is 0.00388 e. The second-order valence-corrected chi connectivity index (χ2v) is 18.6. The summed E-state index contributed by atoms with van der Waals surface area (Å²) in [5.74, 6) is 0.